The summed E-state index contributed by atoms with van der Waals surface area (Å²) in [7, 11) is 0. The Morgan fingerprint density at radius 3 is 2.57 bits per heavy atom. The van der Waals surface area contributed by atoms with Crippen molar-refractivity contribution in [2.24, 2.45) is 5.92 Å². The van der Waals surface area contributed by atoms with Crippen molar-refractivity contribution in [1.29, 1.82) is 0 Å². The minimum atomic E-state index is -0.185. The number of carbonyl (C=O) groups is 2. The quantitative estimate of drug-likeness (QED) is 0.741. The smallest absolute Gasteiger partial charge is 0.234 e. The SMILES string of the molecule is CC(C)(C)NC(=O)CN1CCC(N2CCCC(C(=O)NCc3ccccn3)C2)CC1. The van der Waals surface area contributed by atoms with Gasteiger partial charge < -0.3 is 10.6 Å². The van der Waals surface area contributed by atoms with Gasteiger partial charge in [-0.3, -0.25) is 24.4 Å². The third-order valence-electron chi connectivity index (χ3n) is 5.95. The highest BCUT2D eigenvalue weighted by atomic mass is 16.2. The van der Waals surface area contributed by atoms with Crippen LogP contribution in [0.3, 0.4) is 0 Å². The first-order valence-corrected chi connectivity index (χ1v) is 11.3. The van der Waals surface area contributed by atoms with Gasteiger partial charge in [-0.05, 0) is 65.1 Å². The van der Waals surface area contributed by atoms with Gasteiger partial charge in [0.1, 0.15) is 0 Å². The highest BCUT2D eigenvalue weighted by Gasteiger charge is 2.32. The standard InChI is InChI=1S/C23H37N5O2/c1-23(2,3)26-21(29)17-27-13-9-20(10-14-27)28-12-6-7-18(16-28)22(30)25-15-19-8-4-5-11-24-19/h4-5,8,11,18,20H,6-7,9-10,12-17H2,1-3H3,(H,25,30)(H,26,29). The van der Waals surface area contributed by atoms with Crippen LogP contribution in [-0.4, -0.2) is 70.9 Å². The molecule has 1 unspecified atom stereocenters. The molecule has 0 radical (unpaired) electrons. The zero-order valence-electron chi connectivity index (χ0n) is 18.7. The van der Waals surface area contributed by atoms with E-state index in [4.69, 9.17) is 0 Å². The van der Waals surface area contributed by atoms with E-state index < -0.39 is 0 Å². The van der Waals surface area contributed by atoms with Crippen molar-refractivity contribution in [3.8, 4) is 0 Å². The second-order valence-electron chi connectivity index (χ2n) is 9.68. The van der Waals surface area contributed by atoms with E-state index in [-0.39, 0.29) is 23.3 Å². The number of likely N-dealkylation sites (tertiary alicyclic amines) is 2. The normalized spacial score (nSPS) is 21.9. The number of rotatable bonds is 6. The molecule has 2 saturated heterocycles. The number of aromatic nitrogens is 1. The molecule has 7 nitrogen and oxygen atoms in total. The summed E-state index contributed by atoms with van der Waals surface area (Å²) >= 11 is 0. The molecule has 3 rings (SSSR count). The second-order valence-corrected chi connectivity index (χ2v) is 9.68. The third-order valence-corrected chi connectivity index (χ3v) is 5.95. The molecule has 1 aromatic heterocycles. The van der Waals surface area contributed by atoms with Crippen molar-refractivity contribution in [3.05, 3.63) is 30.1 Å². The average Bonchev–Trinajstić information content (AvgIpc) is 2.72. The lowest BCUT2D eigenvalue weighted by molar-refractivity contribution is -0.128. The minimum absolute atomic E-state index is 0.0538. The summed E-state index contributed by atoms with van der Waals surface area (Å²) in [6, 6.07) is 6.27. The van der Waals surface area contributed by atoms with E-state index in [0.29, 0.717) is 19.1 Å². The van der Waals surface area contributed by atoms with Gasteiger partial charge in [-0.25, -0.2) is 0 Å². The van der Waals surface area contributed by atoms with Crippen molar-refractivity contribution in [3.63, 3.8) is 0 Å². The molecule has 1 atom stereocenters. The minimum Gasteiger partial charge on any atom is -0.350 e. The average molecular weight is 416 g/mol. The molecule has 0 spiro atoms. The number of nitrogens with zero attached hydrogens (tertiary/aromatic N) is 3. The molecule has 0 aliphatic carbocycles. The molecule has 2 N–H and O–H groups in total. The Bertz CT molecular complexity index is 695. The van der Waals surface area contributed by atoms with Crippen LogP contribution >= 0.6 is 0 Å². The van der Waals surface area contributed by atoms with E-state index in [2.05, 4.69) is 25.4 Å². The van der Waals surface area contributed by atoms with Gasteiger partial charge in [-0.1, -0.05) is 6.07 Å². The Morgan fingerprint density at radius 2 is 1.90 bits per heavy atom. The van der Waals surface area contributed by atoms with Crippen LogP contribution in [0.4, 0.5) is 0 Å². The van der Waals surface area contributed by atoms with Crippen LogP contribution in [0.2, 0.25) is 0 Å². The number of pyridine rings is 1. The summed E-state index contributed by atoms with van der Waals surface area (Å²) in [5.74, 6) is 0.295. The fourth-order valence-corrected chi connectivity index (χ4v) is 4.48. The van der Waals surface area contributed by atoms with Gasteiger partial charge in [0.2, 0.25) is 11.8 Å². The van der Waals surface area contributed by atoms with E-state index in [1.165, 1.54) is 0 Å². The molecular weight excluding hydrogens is 378 g/mol. The van der Waals surface area contributed by atoms with E-state index in [1.807, 2.05) is 39.0 Å². The first kappa shape index (κ1) is 22.7. The summed E-state index contributed by atoms with van der Waals surface area (Å²) < 4.78 is 0. The molecule has 0 bridgehead atoms. The molecular formula is C23H37N5O2. The lowest BCUT2D eigenvalue weighted by Gasteiger charge is -2.42. The predicted molar refractivity (Wildman–Crippen MR) is 118 cm³/mol. The molecule has 2 aliphatic heterocycles. The monoisotopic (exact) mass is 415 g/mol. The van der Waals surface area contributed by atoms with Gasteiger partial charge in [0, 0.05) is 37.4 Å². The topological polar surface area (TPSA) is 77.6 Å². The van der Waals surface area contributed by atoms with Crippen molar-refractivity contribution in [1.82, 2.24) is 25.4 Å². The zero-order chi connectivity index (χ0) is 21.6. The van der Waals surface area contributed by atoms with Crippen LogP contribution in [0, 0.1) is 5.92 Å². The molecule has 3 heterocycles. The largest absolute Gasteiger partial charge is 0.350 e. The van der Waals surface area contributed by atoms with Crippen LogP contribution in [0.5, 0.6) is 0 Å². The zero-order valence-corrected chi connectivity index (χ0v) is 18.7. The lowest BCUT2D eigenvalue weighted by atomic mass is 9.93. The second kappa shape index (κ2) is 10.4. The van der Waals surface area contributed by atoms with Crippen molar-refractivity contribution in [2.45, 2.75) is 64.6 Å². The Balaban J connectivity index is 1.41. The molecule has 166 valence electrons. The van der Waals surface area contributed by atoms with Crippen LogP contribution in [-0.2, 0) is 16.1 Å². The highest BCUT2D eigenvalue weighted by Crippen LogP contribution is 2.24. The van der Waals surface area contributed by atoms with Crippen LogP contribution in [0.1, 0.15) is 52.1 Å². The summed E-state index contributed by atoms with van der Waals surface area (Å²) in [6.07, 6.45) is 5.89. The Hall–Kier alpha value is -1.99. The van der Waals surface area contributed by atoms with Crippen molar-refractivity contribution < 1.29 is 9.59 Å². The molecule has 0 saturated carbocycles. The highest BCUT2D eigenvalue weighted by molar-refractivity contribution is 5.79. The number of nitrogens with one attached hydrogen (secondary N) is 2. The van der Waals surface area contributed by atoms with Crippen molar-refractivity contribution in [2.75, 3.05) is 32.7 Å². The van der Waals surface area contributed by atoms with Gasteiger partial charge in [0.15, 0.2) is 0 Å². The van der Waals surface area contributed by atoms with E-state index >= 15 is 0 Å². The summed E-state index contributed by atoms with van der Waals surface area (Å²) in [6.45, 7) is 10.8. The number of hydrogen-bond donors (Lipinski definition) is 2. The van der Waals surface area contributed by atoms with Crippen LogP contribution < -0.4 is 10.6 Å². The fraction of sp³-hybridized carbons (Fsp3) is 0.696. The molecule has 7 heteroatoms. The van der Waals surface area contributed by atoms with Crippen LogP contribution in [0.25, 0.3) is 0 Å². The third kappa shape index (κ3) is 7.06. The molecule has 1 aromatic rings. The number of carbonyl (C=O) groups excluding carboxylic acids is 2. The first-order chi connectivity index (χ1) is 14.3. The Morgan fingerprint density at radius 1 is 1.13 bits per heavy atom. The Labute approximate surface area is 180 Å². The predicted octanol–water partition coefficient (Wildman–Crippen LogP) is 1.79. The molecule has 2 amide bonds. The maximum Gasteiger partial charge on any atom is 0.234 e. The lowest BCUT2D eigenvalue weighted by Crippen LogP contribution is -2.52. The maximum absolute atomic E-state index is 12.7. The van der Waals surface area contributed by atoms with Gasteiger partial charge >= 0.3 is 0 Å². The van der Waals surface area contributed by atoms with Gasteiger partial charge in [0.05, 0.1) is 24.7 Å². The van der Waals surface area contributed by atoms with E-state index in [9.17, 15) is 9.59 Å². The van der Waals surface area contributed by atoms with Crippen LogP contribution in [0.15, 0.2) is 24.4 Å². The summed E-state index contributed by atoms with van der Waals surface area (Å²) in [5, 5.41) is 6.10. The first-order valence-electron chi connectivity index (χ1n) is 11.3. The number of piperidine rings is 2. The summed E-state index contributed by atoms with van der Waals surface area (Å²) in [4.78, 5) is 33.9. The molecule has 2 aliphatic rings. The number of amides is 2. The van der Waals surface area contributed by atoms with E-state index in [0.717, 1.165) is 57.6 Å². The molecule has 0 aromatic carbocycles. The fourth-order valence-electron chi connectivity index (χ4n) is 4.48. The molecule has 30 heavy (non-hydrogen) atoms. The summed E-state index contributed by atoms with van der Waals surface area (Å²) in [5.41, 5.74) is 0.705. The van der Waals surface area contributed by atoms with Gasteiger partial charge in [-0.2, -0.15) is 0 Å². The van der Waals surface area contributed by atoms with Crippen molar-refractivity contribution >= 4 is 11.8 Å². The van der Waals surface area contributed by atoms with E-state index in [1.54, 1.807) is 6.20 Å². The maximum atomic E-state index is 12.7. The van der Waals surface area contributed by atoms with Gasteiger partial charge in [0.25, 0.3) is 0 Å². The molecule has 2 fully saturated rings. The Kier molecular flexibility index (Phi) is 7.83. The number of hydrogen-bond acceptors (Lipinski definition) is 5. The van der Waals surface area contributed by atoms with Gasteiger partial charge in [-0.15, -0.1) is 0 Å².